The largest absolute Gasteiger partial charge is 0.496 e. The monoisotopic (exact) mass is 293 g/mol. The summed E-state index contributed by atoms with van der Waals surface area (Å²) in [4.78, 5) is 2.45. The van der Waals surface area contributed by atoms with Gasteiger partial charge in [-0.05, 0) is 31.0 Å². The number of ether oxygens (including phenoxy) is 2. The van der Waals surface area contributed by atoms with E-state index in [1.807, 2.05) is 18.2 Å². The highest BCUT2D eigenvalue weighted by molar-refractivity contribution is 5.34. The normalized spacial score (nSPS) is 21.2. The van der Waals surface area contributed by atoms with Gasteiger partial charge in [0.05, 0.1) is 25.9 Å². The van der Waals surface area contributed by atoms with Crippen LogP contribution in [-0.4, -0.2) is 50.4 Å². The van der Waals surface area contributed by atoms with Crippen LogP contribution in [0.5, 0.6) is 5.75 Å². The maximum atomic E-state index is 5.93. The van der Waals surface area contributed by atoms with E-state index in [0.717, 1.165) is 44.0 Å². The van der Waals surface area contributed by atoms with Crippen LogP contribution < -0.4 is 16.0 Å². The van der Waals surface area contributed by atoms with Gasteiger partial charge in [0.25, 0.3) is 0 Å². The lowest BCUT2D eigenvalue weighted by molar-refractivity contribution is -0.0462. The Hall–Kier alpha value is -1.14. The molecule has 0 saturated carbocycles. The van der Waals surface area contributed by atoms with Gasteiger partial charge in [-0.2, -0.15) is 0 Å². The molecular weight excluding hydrogens is 266 g/mol. The average Bonchev–Trinajstić information content (AvgIpc) is 2.53. The quantitative estimate of drug-likeness (QED) is 0.584. The van der Waals surface area contributed by atoms with Crippen molar-refractivity contribution in [3.63, 3.8) is 0 Å². The summed E-state index contributed by atoms with van der Waals surface area (Å²) >= 11 is 0. The van der Waals surface area contributed by atoms with Crippen molar-refractivity contribution < 1.29 is 9.47 Å². The minimum Gasteiger partial charge on any atom is -0.496 e. The van der Waals surface area contributed by atoms with Gasteiger partial charge in [-0.25, -0.2) is 0 Å². The van der Waals surface area contributed by atoms with Gasteiger partial charge in [0.1, 0.15) is 5.75 Å². The molecule has 1 fully saturated rings. The van der Waals surface area contributed by atoms with Crippen LogP contribution in [0, 0.1) is 0 Å². The van der Waals surface area contributed by atoms with Gasteiger partial charge in [-0.15, -0.1) is 0 Å². The van der Waals surface area contributed by atoms with Crippen molar-refractivity contribution in [1.82, 2.24) is 10.3 Å². The summed E-state index contributed by atoms with van der Waals surface area (Å²) in [5.41, 5.74) is 4.08. The van der Waals surface area contributed by atoms with Crippen LogP contribution in [0.1, 0.15) is 18.9 Å². The molecule has 3 N–H and O–H groups in total. The van der Waals surface area contributed by atoms with E-state index in [0.29, 0.717) is 0 Å². The predicted molar refractivity (Wildman–Crippen MR) is 84.3 cm³/mol. The van der Waals surface area contributed by atoms with Crippen molar-refractivity contribution in [1.29, 1.82) is 0 Å². The summed E-state index contributed by atoms with van der Waals surface area (Å²) in [6.45, 7) is 6.03. The first-order chi connectivity index (χ1) is 10.3. The number of hydrogen-bond acceptors (Lipinski definition) is 5. The summed E-state index contributed by atoms with van der Waals surface area (Å²) in [5, 5.41) is 0. The van der Waals surface area contributed by atoms with E-state index in [2.05, 4.69) is 23.3 Å². The molecule has 1 aliphatic heterocycles. The number of morpholine rings is 1. The fourth-order valence-corrected chi connectivity index (χ4v) is 2.90. The molecule has 0 aromatic heterocycles. The zero-order valence-corrected chi connectivity index (χ0v) is 13.0. The second-order valence-corrected chi connectivity index (χ2v) is 5.50. The Morgan fingerprint density at radius 1 is 1.48 bits per heavy atom. The fourth-order valence-electron chi connectivity index (χ4n) is 2.90. The van der Waals surface area contributed by atoms with Crippen LogP contribution >= 0.6 is 0 Å². The van der Waals surface area contributed by atoms with E-state index < -0.39 is 0 Å². The molecule has 1 aromatic rings. The standard InChI is InChI=1S/C16H27N3O2/c1-3-8-19-9-10-21-16(12-19)14(18-17)11-13-6-4-5-7-15(13)20-2/h4-7,14,16,18H,3,8-12,17H2,1-2H3. The zero-order chi connectivity index (χ0) is 15.1. The van der Waals surface area contributed by atoms with Crippen molar-refractivity contribution >= 4 is 0 Å². The Balaban J connectivity index is 2.02. The van der Waals surface area contributed by atoms with Crippen LogP contribution in [0.15, 0.2) is 24.3 Å². The molecular formula is C16H27N3O2. The van der Waals surface area contributed by atoms with Gasteiger partial charge in [0, 0.05) is 13.1 Å². The van der Waals surface area contributed by atoms with E-state index in [1.165, 1.54) is 6.42 Å². The highest BCUT2D eigenvalue weighted by Gasteiger charge is 2.28. The van der Waals surface area contributed by atoms with Gasteiger partial charge in [-0.1, -0.05) is 25.1 Å². The molecule has 1 aliphatic rings. The number of para-hydroxylation sites is 1. The van der Waals surface area contributed by atoms with Gasteiger partial charge < -0.3 is 9.47 Å². The van der Waals surface area contributed by atoms with Crippen molar-refractivity contribution in [2.45, 2.75) is 31.9 Å². The molecule has 0 aliphatic carbocycles. The fraction of sp³-hybridized carbons (Fsp3) is 0.625. The van der Waals surface area contributed by atoms with Gasteiger partial charge in [0.15, 0.2) is 0 Å². The number of hydrogen-bond donors (Lipinski definition) is 2. The summed E-state index contributed by atoms with van der Waals surface area (Å²) in [5.74, 6) is 6.67. The summed E-state index contributed by atoms with van der Waals surface area (Å²) in [6, 6.07) is 8.15. The SMILES string of the molecule is CCCN1CCOC(C(Cc2ccccc2OC)NN)C1. The van der Waals surface area contributed by atoms with E-state index in [9.17, 15) is 0 Å². The van der Waals surface area contributed by atoms with Crippen LogP contribution in [0.4, 0.5) is 0 Å². The molecule has 21 heavy (non-hydrogen) atoms. The lowest BCUT2D eigenvalue weighted by atomic mass is 9.99. The molecule has 1 saturated heterocycles. The Morgan fingerprint density at radius 2 is 2.29 bits per heavy atom. The molecule has 0 bridgehead atoms. The maximum absolute atomic E-state index is 5.93. The number of nitrogens with one attached hydrogen (secondary N) is 1. The molecule has 5 heteroatoms. The minimum atomic E-state index is 0.0842. The molecule has 0 amide bonds. The summed E-state index contributed by atoms with van der Waals surface area (Å²) in [7, 11) is 1.70. The van der Waals surface area contributed by atoms with Crippen molar-refractivity contribution in [3.05, 3.63) is 29.8 Å². The topological polar surface area (TPSA) is 59.8 Å². The second-order valence-electron chi connectivity index (χ2n) is 5.50. The third kappa shape index (κ3) is 4.41. The number of methoxy groups -OCH3 is 1. The number of nitrogens with two attached hydrogens (primary N) is 1. The molecule has 118 valence electrons. The number of benzene rings is 1. The Morgan fingerprint density at radius 3 is 3.00 bits per heavy atom. The van der Waals surface area contributed by atoms with Crippen molar-refractivity contribution in [3.8, 4) is 5.75 Å². The molecule has 1 heterocycles. The lowest BCUT2D eigenvalue weighted by Gasteiger charge is -2.36. The van der Waals surface area contributed by atoms with Gasteiger partial charge >= 0.3 is 0 Å². The first-order valence-corrected chi connectivity index (χ1v) is 7.70. The highest BCUT2D eigenvalue weighted by atomic mass is 16.5. The van der Waals surface area contributed by atoms with E-state index in [-0.39, 0.29) is 12.1 Å². The zero-order valence-electron chi connectivity index (χ0n) is 13.0. The highest BCUT2D eigenvalue weighted by Crippen LogP contribution is 2.21. The lowest BCUT2D eigenvalue weighted by Crippen LogP contribution is -2.54. The molecule has 5 nitrogen and oxygen atoms in total. The van der Waals surface area contributed by atoms with Crippen LogP contribution in [0.2, 0.25) is 0 Å². The van der Waals surface area contributed by atoms with Crippen LogP contribution in [-0.2, 0) is 11.2 Å². The average molecular weight is 293 g/mol. The molecule has 2 rings (SSSR count). The number of hydrazine groups is 1. The molecule has 2 unspecified atom stereocenters. The Labute approximate surface area is 127 Å². The first kappa shape index (κ1) is 16.2. The van der Waals surface area contributed by atoms with E-state index >= 15 is 0 Å². The smallest absolute Gasteiger partial charge is 0.122 e. The molecule has 2 atom stereocenters. The Bertz CT molecular complexity index is 426. The number of nitrogens with zero attached hydrogens (tertiary/aromatic N) is 1. The molecule has 0 radical (unpaired) electrons. The van der Waals surface area contributed by atoms with Gasteiger partial charge in [0.2, 0.25) is 0 Å². The number of rotatable bonds is 7. The van der Waals surface area contributed by atoms with Crippen LogP contribution in [0.3, 0.4) is 0 Å². The van der Waals surface area contributed by atoms with E-state index in [4.69, 9.17) is 15.3 Å². The van der Waals surface area contributed by atoms with Crippen molar-refractivity contribution in [2.75, 3.05) is 33.4 Å². The van der Waals surface area contributed by atoms with Gasteiger partial charge in [-0.3, -0.25) is 16.2 Å². The second kappa shape index (κ2) is 8.34. The summed E-state index contributed by atoms with van der Waals surface area (Å²) < 4.78 is 11.3. The van der Waals surface area contributed by atoms with E-state index in [1.54, 1.807) is 7.11 Å². The Kier molecular flexibility index (Phi) is 6.45. The minimum absolute atomic E-state index is 0.0842. The predicted octanol–water partition coefficient (Wildman–Crippen LogP) is 1.18. The molecule has 1 aromatic carbocycles. The first-order valence-electron chi connectivity index (χ1n) is 7.70. The van der Waals surface area contributed by atoms with Crippen molar-refractivity contribution in [2.24, 2.45) is 5.84 Å². The maximum Gasteiger partial charge on any atom is 0.122 e. The molecule has 0 spiro atoms. The van der Waals surface area contributed by atoms with Crippen LogP contribution in [0.25, 0.3) is 0 Å². The third-order valence-electron chi connectivity index (χ3n) is 4.01. The summed E-state index contributed by atoms with van der Waals surface area (Å²) in [6.07, 6.45) is 2.07. The third-order valence-corrected chi connectivity index (χ3v) is 4.01.